The van der Waals surface area contributed by atoms with Gasteiger partial charge >= 0.3 is 6.03 Å². The first-order valence-electron chi connectivity index (χ1n) is 9.68. The Labute approximate surface area is 186 Å². The van der Waals surface area contributed by atoms with Gasteiger partial charge in [0.2, 0.25) is 5.91 Å². The Bertz CT molecular complexity index is 1050. The van der Waals surface area contributed by atoms with Crippen LogP contribution in [0.15, 0.2) is 54.6 Å². The van der Waals surface area contributed by atoms with E-state index in [-0.39, 0.29) is 0 Å². The van der Waals surface area contributed by atoms with Crippen LogP contribution in [0.5, 0.6) is 5.75 Å². The van der Waals surface area contributed by atoms with Gasteiger partial charge in [0, 0.05) is 10.7 Å². The Morgan fingerprint density at radius 1 is 1.23 bits per heavy atom. The summed E-state index contributed by atoms with van der Waals surface area (Å²) in [7, 11) is 0. The largest absolute Gasteiger partial charge is 0.489 e. The quantitative estimate of drug-likeness (QED) is 0.502. The van der Waals surface area contributed by atoms with E-state index in [1.165, 1.54) is 0 Å². The Kier molecular flexibility index (Phi) is 6.36. The van der Waals surface area contributed by atoms with Gasteiger partial charge in [-0.25, -0.2) is 4.79 Å². The molecule has 1 unspecified atom stereocenters. The van der Waals surface area contributed by atoms with Gasteiger partial charge in [-0.05, 0) is 61.7 Å². The molecule has 0 aromatic heterocycles. The van der Waals surface area contributed by atoms with E-state index in [0.717, 1.165) is 10.5 Å². The van der Waals surface area contributed by atoms with Crippen LogP contribution >= 0.6 is 11.6 Å². The van der Waals surface area contributed by atoms with Crippen molar-refractivity contribution in [2.75, 3.05) is 18.5 Å². The van der Waals surface area contributed by atoms with Crippen molar-refractivity contribution < 1.29 is 19.1 Å². The number of carbonyl (C=O) groups is 3. The highest BCUT2D eigenvalue weighted by Crippen LogP contribution is 2.30. The lowest BCUT2D eigenvalue weighted by molar-refractivity contribution is -0.133. The number of nitrogens with one attached hydrogen (secondary N) is 2. The molecule has 162 valence electrons. The van der Waals surface area contributed by atoms with Gasteiger partial charge in [0.05, 0.1) is 0 Å². The molecule has 1 aliphatic rings. The number of benzene rings is 2. The van der Waals surface area contributed by atoms with Crippen LogP contribution in [0.25, 0.3) is 0 Å². The minimum Gasteiger partial charge on any atom is -0.489 e. The molecule has 3 rings (SSSR count). The molecule has 0 radical (unpaired) electrons. The third-order valence-corrected chi connectivity index (χ3v) is 5.44. The molecule has 4 amide bonds. The number of ether oxygens (including phenoxy) is 1. The minimum absolute atomic E-state index is 0.390. The third-order valence-electron chi connectivity index (χ3n) is 5.04. The lowest BCUT2D eigenvalue weighted by Crippen LogP contribution is -2.42. The van der Waals surface area contributed by atoms with Crippen LogP contribution in [0.2, 0.25) is 5.02 Å². The summed E-state index contributed by atoms with van der Waals surface area (Å²) >= 11 is 6.07. The fraction of sp³-hybridized carbons (Fsp3) is 0.261. The molecule has 0 spiro atoms. The fourth-order valence-electron chi connectivity index (χ4n) is 3.20. The second-order valence-corrected chi connectivity index (χ2v) is 8.08. The topological polar surface area (TPSA) is 87.7 Å². The van der Waals surface area contributed by atoms with Crippen molar-refractivity contribution in [1.82, 2.24) is 10.2 Å². The number of hydrogen-bond acceptors (Lipinski definition) is 4. The molecule has 2 aromatic rings. The maximum Gasteiger partial charge on any atom is 0.325 e. The van der Waals surface area contributed by atoms with E-state index in [4.69, 9.17) is 16.3 Å². The molecule has 1 heterocycles. The molecule has 7 nitrogen and oxygen atoms in total. The normalized spacial score (nSPS) is 18.0. The summed E-state index contributed by atoms with van der Waals surface area (Å²) < 4.78 is 5.57. The summed E-state index contributed by atoms with van der Waals surface area (Å²) in [5, 5.41) is 5.89. The molecule has 31 heavy (non-hydrogen) atoms. The summed E-state index contributed by atoms with van der Waals surface area (Å²) in [6.07, 6.45) is 0. The van der Waals surface area contributed by atoms with Crippen molar-refractivity contribution in [2.45, 2.75) is 26.3 Å². The van der Waals surface area contributed by atoms with Gasteiger partial charge in [0.25, 0.3) is 5.91 Å². The number of urea groups is 1. The molecule has 0 aliphatic carbocycles. The lowest BCUT2D eigenvalue weighted by Gasteiger charge is -2.22. The molecule has 1 atom stereocenters. The zero-order valence-electron chi connectivity index (χ0n) is 17.6. The van der Waals surface area contributed by atoms with Crippen LogP contribution < -0.4 is 15.4 Å². The first-order chi connectivity index (χ1) is 14.6. The summed E-state index contributed by atoms with van der Waals surface area (Å²) in [5.41, 5.74) is 1.42. The van der Waals surface area contributed by atoms with E-state index in [1.807, 2.05) is 6.92 Å². The van der Waals surface area contributed by atoms with Crippen LogP contribution in [0.4, 0.5) is 10.5 Å². The van der Waals surface area contributed by atoms with Crippen LogP contribution in [0.3, 0.4) is 0 Å². The smallest absolute Gasteiger partial charge is 0.325 e. The molecule has 1 saturated heterocycles. The van der Waals surface area contributed by atoms with E-state index < -0.39 is 29.9 Å². The Hall–Kier alpha value is -3.32. The highest BCUT2D eigenvalue weighted by atomic mass is 35.5. The van der Waals surface area contributed by atoms with Gasteiger partial charge in [0.1, 0.15) is 24.4 Å². The number of hydrogen-bond donors (Lipinski definition) is 2. The molecular weight excluding hydrogens is 418 g/mol. The highest BCUT2D eigenvalue weighted by Gasteiger charge is 2.49. The Morgan fingerprint density at radius 3 is 2.55 bits per heavy atom. The van der Waals surface area contributed by atoms with Crippen LogP contribution in [0.1, 0.15) is 25.0 Å². The van der Waals surface area contributed by atoms with Gasteiger partial charge in [-0.1, -0.05) is 36.4 Å². The average Bonchev–Trinajstić information content (AvgIpc) is 2.94. The Balaban J connectivity index is 1.71. The third kappa shape index (κ3) is 4.72. The van der Waals surface area contributed by atoms with Crippen LogP contribution in [-0.4, -0.2) is 35.9 Å². The molecule has 2 N–H and O–H groups in total. The van der Waals surface area contributed by atoms with Crippen molar-refractivity contribution in [3.63, 3.8) is 0 Å². The summed E-state index contributed by atoms with van der Waals surface area (Å²) in [5.74, 6) is -0.382. The molecule has 2 aromatic carbocycles. The second-order valence-electron chi connectivity index (χ2n) is 7.68. The number of rotatable bonds is 7. The highest BCUT2D eigenvalue weighted by molar-refractivity contribution is 6.31. The van der Waals surface area contributed by atoms with Crippen LogP contribution in [0, 0.1) is 6.92 Å². The molecule has 1 aliphatic heterocycles. The molecule has 0 bridgehead atoms. The van der Waals surface area contributed by atoms with E-state index in [0.29, 0.717) is 34.2 Å². The average molecular weight is 442 g/mol. The van der Waals surface area contributed by atoms with Crippen molar-refractivity contribution in [3.8, 4) is 5.75 Å². The summed E-state index contributed by atoms with van der Waals surface area (Å²) in [6.45, 7) is 9.00. The van der Waals surface area contributed by atoms with E-state index in [9.17, 15) is 14.4 Å². The van der Waals surface area contributed by atoms with Crippen molar-refractivity contribution in [2.24, 2.45) is 0 Å². The van der Waals surface area contributed by atoms with Crippen molar-refractivity contribution in [1.29, 1.82) is 0 Å². The first-order valence-corrected chi connectivity index (χ1v) is 10.1. The molecule has 8 heteroatoms. The molecule has 0 saturated carbocycles. The van der Waals surface area contributed by atoms with Crippen molar-refractivity contribution in [3.05, 3.63) is 70.8 Å². The number of imide groups is 1. The SMILES string of the molecule is C=C(C)COc1ccc(C2(C)NC(=O)N(CC(=O)Nc3cccc(Cl)c3C)C2=O)cc1. The standard InChI is InChI=1S/C23H24ClN3O4/c1-14(2)13-31-17-10-8-16(9-11-17)23(4)21(29)27(22(30)26-23)12-20(28)25-19-7-5-6-18(24)15(19)3/h5-11H,1,12-13H2,2-4H3,(H,25,28)(H,26,30). The fourth-order valence-corrected chi connectivity index (χ4v) is 3.38. The number of halogens is 1. The predicted octanol–water partition coefficient (Wildman–Crippen LogP) is 4.01. The van der Waals surface area contributed by atoms with Crippen LogP contribution in [-0.2, 0) is 15.1 Å². The summed E-state index contributed by atoms with van der Waals surface area (Å²) in [4.78, 5) is 38.9. The van der Waals surface area contributed by atoms with Gasteiger partial charge in [0.15, 0.2) is 0 Å². The maximum absolute atomic E-state index is 13.0. The monoisotopic (exact) mass is 441 g/mol. The predicted molar refractivity (Wildman–Crippen MR) is 119 cm³/mol. The zero-order valence-corrected chi connectivity index (χ0v) is 18.4. The van der Waals surface area contributed by atoms with Gasteiger partial charge in [-0.3, -0.25) is 14.5 Å². The minimum atomic E-state index is -1.28. The second kappa shape index (κ2) is 8.81. The zero-order chi connectivity index (χ0) is 22.8. The number of nitrogens with zero attached hydrogens (tertiary/aromatic N) is 1. The lowest BCUT2D eigenvalue weighted by atomic mass is 9.92. The molecule has 1 fully saturated rings. The first kappa shape index (κ1) is 22.4. The number of amides is 4. The maximum atomic E-state index is 13.0. The van der Waals surface area contributed by atoms with E-state index >= 15 is 0 Å². The van der Waals surface area contributed by atoms with Gasteiger partial charge in [-0.15, -0.1) is 0 Å². The van der Waals surface area contributed by atoms with E-state index in [1.54, 1.807) is 56.3 Å². The number of anilines is 1. The van der Waals surface area contributed by atoms with E-state index in [2.05, 4.69) is 17.2 Å². The number of carbonyl (C=O) groups excluding carboxylic acids is 3. The van der Waals surface area contributed by atoms with Gasteiger partial charge in [-0.2, -0.15) is 0 Å². The van der Waals surface area contributed by atoms with Crippen molar-refractivity contribution >= 4 is 35.1 Å². The Morgan fingerprint density at radius 2 is 1.90 bits per heavy atom. The molecular formula is C23H24ClN3O4. The summed E-state index contributed by atoms with van der Waals surface area (Å²) in [6, 6.07) is 11.4. The van der Waals surface area contributed by atoms with Gasteiger partial charge < -0.3 is 15.4 Å².